The van der Waals surface area contributed by atoms with Crippen LogP contribution in [0.1, 0.15) is 38.2 Å². The molecule has 0 aromatic heterocycles. The van der Waals surface area contributed by atoms with Gasteiger partial charge in [-0.1, -0.05) is 55.1 Å². The van der Waals surface area contributed by atoms with Crippen molar-refractivity contribution in [2.75, 3.05) is 0 Å². The van der Waals surface area contributed by atoms with Crippen molar-refractivity contribution in [1.82, 2.24) is 0 Å². The summed E-state index contributed by atoms with van der Waals surface area (Å²) in [5.41, 5.74) is 0.366. The average molecular weight is 273 g/mol. The molecule has 0 radical (unpaired) electrons. The van der Waals surface area contributed by atoms with Crippen LogP contribution in [0.3, 0.4) is 0 Å². The molecule has 1 N–H and O–H groups in total. The zero-order valence-electron chi connectivity index (χ0n) is 10.0. The number of benzene rings is 1. The highest BCUT2D eigenvalue weighted by atomic mass is 35.5. The van der Waals surface area contributed by atoms with Crippen molar-refractivity contribution in [3.05, 3.63) is 33.8 Å². The lowest BCUT2D eigenvalue weighted by molar-refractivity contribution is 0.00149. The van der Waals surface area contributed by atoms with E-state index in [2.05, 4.69) is 6.92 Å². The van der Waals surface area contributed by atoms with E-state index in [0.29, 0.717) is 22.4 Å². The Morgan fingerprint density at radius 2 is 2.18 bits per heavy atom. The first-order valence-electron chi connectivity index (χ1n) is 6.22. The highest BCUT2D eigenvalue weighted by molar-refractivity contribution is 6.42. The van der Waals surface area contributed by atoms with Gasteiger partial charge in [-0.2, -0.15) is 0 Å². The van der Waals surface area contributed by atoms with Crippen LogP contribution in [0.25, 0.3) is 0 Å². The smallest absolute Gasteiger partial charge is 0.0716 e. The van der Waals surface area contributed by atoms with E-state index in [4.69, 9.17) is 23.2 Å². The van der Waals surface area contributed by atoms with Gasteiger partial charge in [0.15, 0.2) is 0 Å². The quantitative estimate of drug-likeness (QED) is 0.861. The molecule has 0 saturated heterocycles. The maximum absolute atomic E-state index is 10.7. The Balaban J connectivity index is 2.23. The van der Waals surface area contributed by atoms with Gasteiger partial charge >= 0.3 is 0 Å². The number of hydrogen-bond acceptors (Lipinski definition) is 1. The molecule has 1 saturated carbocycles. The molecule has 1 fully saturated rings. The molecule has 2 unspecified atom stereocenters. The zero-order chi connectivity index (χ0) is 12.5. The van der Waals surface area contributed by atoms with Gasteiger partial charge in [0.05, 0.1) is 15.6 Å². The molecule has 17 heavy (non-hydrogen) atoms. The van der Waals surface area contributed by atoms with Crippen molar-refractivity contribution in [2.45, 2.75) is 44.6 Å². The van der Waals surface area contributed by atoms with Gasteiger partial charge in [-0.3, -0.25) is 0 Å². The monoisotopic (exact) mass is 272 g/mol. The number of hydrogen-bond donors (Lipinski definition) is 1. The molecule has 1 nitrogen and oxygen atoms in total. The van der Waals surface area contributed by atoms with Gasteiger partial charge in [-0.15, -0.1) is 0 Å². The third kappa shape index (κ3) is 2.62. The molecule has 2 atom stereocenters. The molecule has 3 heteroatoms. The summed E-state index contributed by atoms with van der Waals surface area (Å²) in [4.78, 5) is 0. The normalized spacial score (nSPS) is 28.6. The van der Waals surface area contributed by atoms with Crippen LogP contribution in [0.4, 0.5) is 0 Å². The van der Waals surface area contributed by atoms with Crippen LogP contribution in [-0.4, -0.2) is 10.7 Å². The van der Waals surface area contributed by atoms with Crippen LogP contribution in [0, 0.1) is 5.92 Å². The fourth-order valence-electron chi connectivity index (χ4n) is 2.96. The first-order valence-corrected chi connectivity index (χ1v) is 6.97. The molecule has 94 valence electrons. The Morgan fingerprint density at radius 1 is 1.41 bits per heavy atom. The molecule has 0 bridgehead atoms. The molecule has 0 aliphatic heterocycles. The molecule has 2 rings (SSSR count). The second-order valence-electron chi connectivity index (χ2n) is 4.99. The Labute approximate surface area is 113 Å². The Hall–Kier alpha value is -0.240. The number of aliphatic hydroxyl groups is 1. The molecule has 1 aliphatic rings. The van der Waals surface area contributed by atoms with Gasteiger partial charge in [0.25, 0.3) is 0 Å². The van der Waals surface area contributed by atoms with Crippen LogP contribution < -0.4 is 0 Å². The maximum atomic E-state index is 10.7. The van der Waals surface area contributed by atoms with Crippen molar-refractivity contribution in [3.63, 3.8) is 0 Å². The second kappa shape index (κ2) is 5.17. The van der Waals surface area contributed by atoms with E-state index in [-0.39, 0.29) is 0 Å². The van der Waals surface area contributed by atoms with Crippen molar-refractivity contribution in [2.24, 2.45) is 5.92 Å². The second-order valence-corrected chi connectivity index (χ2v) is 5.78. The van der Waals surface area contributed by atoms with Gasteiger partial charge in [-0.25, -0.2) is 0 Å². The summed E-state index contributed by atoms with van der Waals surface area (Å²) in [5, 5.41) is 11.9. The van der Waals surface area contributed by atoms with E-state index in [1.54, 1.807) is 6.07 Å². The van der Waals surface area contributed by atoms with Gasteiger partial charge in [0.2, 0.25) is 0 Å². The number of halogens is 2. The summed E-state index contributed by atoms with van der Waals surface area (Å²) in [7, 11) is 0. The fourth-order valence-corrected chi connectivity index (χ4v) is 3.35. The summed E-state index contributed by atoms with van der Waals surface area (Å²) in [6, 6.07) is 5.63. The lowest BCUT2D eigenvalue weighted by Crippen LogP contribution is -2.35. The summed E-state index contributed by atoms with van der Waals surface area (Å²) < 4.78 is 0. The minimum atomic E-state index is -0.594. The SMILES string of the molecule is CCC1CCCC1(O)Cc1cccc(Cl)c1Cl. The van der Waals surface area contributed by atoms with E-state index in [1.807, 2.05) is 12.1 Å². The molecule has 0 spiro atoms. The van der Waals surface area contributed by atoms with Crippen LogP contribution in [-0.2, 0) is 6.42 Å². The van der Waals surface area contributed by atoms with Crippen molar-refractivity contribution >= 4 is 23.2 Å². The van der Waals surface area contributed by atoms with Crippen LogP contribution in [0.2, 0.25) is 10.0 Å². The minimum absolute atomic E-state index is 0.387. The standard InChI is InChI=1S/C14H18Cl2O/c1-2-11-6-4-8-14(11,17)9-10-5-3-7-12(15)13(10)16/h3,5,7,11,17H,2,4,6,8-9H2,1H3. The molecule has 1 aromatic carbocycles. The van der Waals surface area contributed by atoms with Gasteiger partial charge in [0, 0.05) is 6.42 Å². The Bertz CT molecular complexity index is 405. The van der Waals surface area contributed by atoms with Gasteiger partial charge in [0.1, 0.15) is 0 Å². The first kappa shape index (κ1) is 13.2. The summed E-state index contributed by atoms with van der Waals surface area (Å²) in [5.74, 6) is 0.387. The lowest BCUT2D eigenvalue weighted by atomic mass is 9.83. The van der Waals surface area contributed by atoms with E-state index in [0.717, 1.165) is 31.2 Å². The van der Waals surface area contributed by atoms with Gasteiger partial charge < -0.3 is 5.11 Å². The van der Waals surface area contributed by atoms with Gasteiger partial charge in [-0.05, 0) is 30.4 Å². The third-order valence-corrected chi connectivity index (χ3v) is 4.80. The molecule has 0 heterocycles. The van der Waals surface area contributed by atoms with E-state index < -0.39 is 5.60 Å². The fraction of sp³-hybridized carbons (Fsp3) is 0.571. The largest absolute Gasteiger partial charge is 0.389 e. The van der Waals surface area contributed by atoms with Crippen molar-refractivity contribution in [1.29, 1.82) is 0 Å². The van der Waals surface area contributed by atoms with Crippen molar-refractivity contribution < 1.29 is 5.11 Å². The minimum Gasteiger partial charge on any atom is -0.389 e. The summed E-state index contributed by atoms with van der Waals surface area (Å²) >= 11 is 12.2. The van der Waals surface area contributed by atoms with E-state index in [9.17, 15) is 5.11 Å². The molecular formula is C14H18Cl2O. The Morgan fingerprint density at radius 3 is 2.88 bits per heavy atom. The molecule has 1 aliphatic carbocycles. The molecule has 1 aromatic rings. The highest BCUT2D eigenvalue weighted by Crippen LogP contribution is 2.41. The topological polar surface area (TPSA) is 20.2 Å². The summed E-state index contributed by atoms with van der Waals surface area (Å²) in [6.07, 6.45) is 4.73. The summed E-state index contributed by atoms with van der Waals surface area (Å²) in [6.45, 7) is 2.14. The van der Waals surface area contributed by atoms with Crippen LogP contribution in [0.15, 0.2) is 18.2 Å². The Kier molecular flexibility index (Phi) is 4.02. The van der Waals surface area contributed by atoms with Crippen LogP contribution in [0.5, 0.6) is 0 Å². The first-order chi connectivity index (χ1) is 8.07. The molecular weight excluding hydrogens is 255 g/mol. The third-order valence-electron chi connectivity index (χ3n) is 3.94. The van der Waals surface area contributed by atoms with E-state index in [1.165, 1.54) is 0 Å². The number of rotatable bonds is 3. The predicted octanol–water partition coefficient (Wildman–Crippen LogP) is 4.48. The average Bonchev–Trinajstić information content (AvgIpc) is 2.66. The molecule has 0 amide bonds. The highest BCUT2D eigenvalue weighted by Gasteiger charge is 2.40. The van der Waals surface area contributed by atoms with Crippen LogP contribution >= 0.6 is 23.2 Å². The maximum Gasteiger partial charge on any atom is 0.0716 e. The lowest BCUT2D eigenvalue weighted by Gasteiger charge is -2.30. The van der Waals surface area contributed by atoms with E-state index >= 15 is 0 Å². The van der Waals surface area contributed by atoms with Crippen molar-refractivity contribution in [3.8, 4) is 0 Å². The predicted molar refractivity (Wildman–Crippen MR) is 72.7 cm³/mol. The zero-order valence-corrected chi connectivity index (χ0v) is 11.6.